The maximum Gasteiger partial charge on any atom is 0.321 e. The standard InChI is InChI=1S/C16H18N4O3S/c1-9-5-3-4-6-12(9)14-19-20-16(23-14)24-10(2)13(21)18-15(22)17-11-7-8-11/h3-6,10-11H,7-8H2,1-2H3,(H2,17,18,21,22). The van der Waals surface area contributed by atoms with Gasteiger partial charge in [0.05, 0.1) is 5.25 Å². The number of carbonyl (C=O) groups is 2. The van der Waals surface area contributed by atoms with Crippen molar-refractivity contribution in [3.63, 3.8) is 0 Å². The summed E-state index contributed by atoms with van der Waals surface area (Å²) in [5, 5.41) is 12.8. The lowest BCUT2D eigenvalue weighted by atomic mass is 10.1. The molecule has 1 heterocycles. The molecule has 1 aromatic carbocycles. The molecule has 3 rings (SSSR count). The summed E-state index contributed by atoms with van der Waals surface area (Å²) in [6.45, 7) is 3.64. The minimum atomic E-state index is -0.528. The van der Waals surface area contributed by atoms with Crippen molar-refractivity contribution in [2.45, 2.75) is 43.2 Å². The number of aromatic nitrogens is 2. The van der Waals surface area contributed by atoms with E-state index in [1.807, 2.05) is 31.2 Å². The van der Waals surface area contributed by atoms with Crippen molar-refractivity contribution in [3.8, 4) is 11.5 Å². The van der Waals surface area contributed by atoms with Crippen LogP contribution in [0.4, 0.5) is 4.79 Å². The van der Waals surface area contributed by atoms with Crippen molar-refractivity contribution in [3.05, 3.63) is 29.8 Å². The molecule has 0 saturated heterocycles. The largest absolute Gasteiger partial charge is 0.411 e. The van der Waals surface area contributed by atoms with Gasteiger partial charge in [0, 0.05) is 11.6 Å². The van der Waals surface area contributed by atoms with E-state index in [1.165, 1.54) is 0 Å². The Balaban J connectivity index is 1.58. The molecule has 0 spiro atoms. The zero-order valence-electron chi connectivity index (χ0n) is 13.4. The average Bonchev–Trinajstić information content (AvgIpc) is 3.23. The summed E-state index contributed by atoms with van der Waals surface area (Å²) in [5.74, 6) is 0.0171. The van der Waals surface area contributed by atoms with E-state index >= 15 is 0 Å². The van der Waals surface area contributed by atoms with E-state index in [1.54, 1.807) is 6.92 Å². The highest BCUT2D eigenvalue weighted by Gasteiger charge is 2.26. The highest BCUT2D eigenvalue weighted by atomic mass is 32.2. The Hall–Kier alpha value is -2.35. The first-order valence-electron chi connectivity index (χ1n) is 7.70. The lowest BCUT2D eigenvalue weighted by Crippen LogP contribution is -2.43. The van der Waals surface area contributed by atoms with Crippen molar-refractivity contribution < 1.29 is 14.0 Å². The fourth-order valence-corrected chi connectivity index (χ4v) is 2.73. The first kappa shape index (κ1) is 16.5. The summed E-state index contributed by atoms with van der Waals surface area (Å²) in [4.78, 5) is 23.6. The number of benzene rings is 1. The molecule has 1 fully saturated rings. The predicted octanol–water partition coefficient (Wildman–Crippen LogP) is 2.51. The number of imide groups is 1. The number of aryl methyl sites for hydroxylation is 1. The topological polar surface area (TPSA) is 97.1 Å². The fraction of sp³-hybridized carbons (Fsp3) is 0.375. The molecule has 2 aromatic rings. The predicted molar refractivity (Wildman–Crippen MR) is 89.5 cm³/mol. The lowest BCUT2D eigenvalue weighted by molar-refractivity contribution is -0.119. The first-order valence-corrected chi connectivity index (χ1v) is 8.58. The van der Waals surface area contributed by atoms with Crippen molar-refractivity contribution >= 4 is 23.7 Å². The van der Waals surface area contributed by atoms with Crippen LogP contribution < -0.4 is 10.6 Å². The van der Waals surface area contributed by atoms with Crippen LogP contribution in [0.3, 0.4) is 0 Å². The zero-order chi connectivity index (χ0) is 17.1. The smallest absolute Gasteiger partial charge is 0.321 e. The number of nitrogens with one attached hydrogen (secondary N) is 2. The van der Waals surface area contributed by atoms with Crippen LogP contribution in [0.5, 0.6) is 0 Å². The highest BCUT2D eigenvalue weighted by Crippen LogP contribution is 2.27. The molecule has 2 N–H and O–H groups in total. The Morgan fingerprint density at radius 1 is 1.29 bits per heavy atom. The molecular formula is C16H18N4O3S. The third-order valence-electron chi connectivity index (χ3n) is 3.58. The van der Waals surface area contributed by atoms with Gasteiger partial charge in [-0.15, -0.1) is 10.2 Å². The Morgan fingerprint density at radius 3 is 2.75 bits per heavy atom. The number of urea groups is 1. The molecule has 8 heteroatoms. The Kier molecular flexibility index (Phi) is 4.84. The van der Waals surface area contributed by atoms with E-state index in [4.69, 9.17) is 4.42 Å². The van der Waals surface area contributed by atoms with E-state index < -0.39 is 17.2 Å². The Labute approximate surface area is 143 Å². The Bertz CT molecular complexity index is 757. The molecular weight excluding hydrogens is 328 g/mol. The quantitative estimate of drug-likeness (QED) is 0.808. The van der Waals surface area contributed by atoms with E-state index in [0.29, 0.717) is 11.1 Å². The van der Waals surface area contributed by atoms with Crippen LogP contribution in [0, 0.1) is 6.92 Å². The minimum Gasteiger partial charge on any atom is -0.411 e. The molecule has 1 atom stereocenters. The highest BCUT2D eigenvalue weighted by molar-refractivity contribution is 8.00. The molecule has 0 bridgehead atoms. The number of carbonyl (C=O) groups excluding carboxylic acids is 2. The first-order chi connectivity index (χ1) is 11.5. The van der Waals surface area contributed by atoms with Crippen LogP contribution in [0.25, 0.3) is 11.5 Å². The fourth-order valence-electron chi connectivity index (χ4n) is 2.05. The molecule has 0 radical (unpaired) electrons. The molecule has 7 nitrogen and oxygen atoms in total. The second kappa shape index (κ2) is 7.04. The molecule has 126 valence electrons. The molecule has 1 unspecified atom stereocenters. The van der Waals surface area contributed by atoms with Gasteiger partial charge in [0.1, 0.15) is 0 Å². The number of nitrogens with zero attached hydrogens (tertiary/aromatic N) is 2. The van der Waals surface area contributed by atoms with Crippen LogP contribution in [-0.2, 0) is 4.79 Å². The lowest BCUT2D eigenvalue weighted by Gasteiger charge is -2.09. The van der Waals surface area contributed by atoms with Gasteiger partial charge in [-0.3, -0.25) is 10.1 Å². The summed E-state index contributed by atoms with van der Waals surface area (Å²) in [6.07, 6.45) is 1.94. The van der Waals surface area contributed by atoms with E-state index in [-0.39, 0.29) is 6.04 Å². The SMILES string of the molecule is Cc1ccccc1-c1nnc(SC(C)C(=O)NC(=O)NC2CC2)o1. The third-order valence-corrected chi connectivity index (χ3v) is 4.51. The maximum atomic E-state index is 12.0. The van der Waals surface area contributed by atoms with Gasteiger partial charge in [-0.25, -0.2) is 4.79 Å². The van der Waals surface area contributed by atoms with Gasteiger partial charge in [-0.2, -0.15) is 0 Å². The van der Waals surface area contributed by atoms with Crippen LogP contribution in [-0.4, -0.2) is 33.4 Å². The third kappa shape index (κ3) is 4.14. The van der Waals surface area contributed by atoms with Gasteiger partial charge >= 0.3 is 6.03 Å². The molecule has 3 amide bonds. The van der Waals surface area contributed by atoms with Crippen LogP contribution in [0.15, 0.2) is 33.9 Å². The van der Waals surface area contributed by atoms with Crippen LogP contribution in [0.2, 0.25) is 0 Å². The zero-order valence-corrected chi connectivity index (χ0v) is 14.2. The van der Waals surface area contributed by atoms with E-state index in [0.717, 1.165) is 35.7 Å². The number of thioether (sulfide) groups is 1. The van der Waals surface area contributed by atoms with Gasteiger partial charge < -0.3 is 9.73 Å². The monoisotopic (exact) mass is 346 g/mol. The van der Waals surface area contributed by atoms with E-state index in [2.05, 4.69) is 20.8 Å². The van der Waals surface area contributed by atoms with Crippen molar-refractivity contribution in [1.82, 2.24) is 20.8 Å². The number of amides is 3. The summed E-state index contributed by atoms with van der Waals surface area (Å²) >= 11 is 1.12. The maximum absolute atomic E-state index is 12.0. The molecule has 0 aliphatic heterocycles. The number of hydrogen-bond donors (Lipinski definition) is 2. The van der Waals surface area contributed by atoms with Crippen LogP contribution in [0.1, 0.15) is 25.3 Å². The number of rotatable bonds is 5. The second-order valence-electron chi connectivity index (χ2n) is 5.69. The van der Waals surface area contributed by atoms with Crippen molar-refractivity contribution in [1.29, 1.82) is 0 Å². The summed E-state index contributed by atoms with van der Waals surface area (Å²) in [7, 11) is 0. The Morgan fingerprint density at radius 2 is 2.04 bits per heavy atom. The summed E-state index contributed by atoms with van der Waals surface area (Å²) in [5.41, 5.74) is 1.89. The molecule has 1 aliphatic rings. The van der Waals surface area contributed by atoms with Crippen molar-refractivity contribution in [2.24, 2.45) is 0 Å². The molecule has 24 heavy (non-hydrogen) atoms. The molecule has 1 saturated carbocycles. The molecule has 1 aliphatic carbocycles. The second-order valence-corrected chi connectivity index (χ2v) is 6.98. The van der Waals surface area contributed by atoms with Gasteiger partial charge in [-0.1, -0.05) is 30.0 Å². The van der Waals surface area contributed by atoms with Gasteiger partial charge in [0.2, 0.25) is 11.8 Å². The minimum absolute atomic E-state index is 0.202. The summed E-state index contributed by atoms with van der Waals surface area (Å²) in [6, 6.07) is 7.43. The van der Waals surface area contributed by atoms with E-state index in [9.17, 15) is 9.59 Å². The van der Waals surface area contributed by atoms with Gasteiger partial charge in [0.25, 0.3) is 5.22 Å². The molecule has 1 aromatic heterocycles. The van der Waals surface area contributed by atoms with Gasteiger partial charge in [-0.05, 0) is 38.3 Å². The van der Waals surface area contributed by atoms with Crippen molar-refractivity contribution in [2.75, 3.05) is 0 Å². The normalized spacial score (nSPS) is 14.9. The summed E-state index contributed by atoms with van der Waals surface area (Å²) < 4.78 is 5.61. The van der Waals surface area contributed by atoms with Gasteiger partial charge in [0.15, 0.2) is 0 Å². The van der Waals surface area contributed by atoms with Crippen LogP contribution >= 0.6 is 11.8 Å². The average molecular weight is 346 g/mol. The number of hydrogen-bond acceptors (Lipinski definition) is 6.